The molecule has 7 nitrogen and oxygen atoms in total. The molecule has 4 aromatic rings. The Hall–Kier alpha value is -4.21. The van der Waals surface area contributed by atoms with Crippen LogP contribution in [0.5, 0.6) is 11.6 Å². The highest BCUT2D eigenvalue weighted by molar-refractivity contribution is 6.04. The molecule has 1 amide bonds. The van der Waals surface area contributed by atoms with Gasteiger partial charge in [0.15, 0.2) is 23.3 Å². The summed E-state index contributed by atoms with van der Waals surface area (Å²) in [4.78, 5) is 20.5. The van der Waals surface area contributed by atoms with E-state index in [1.807, 2.05) is 20.8 Å². The molecule has 0 aliphatic rings. The Bertz CT molecular complexity index is 1350. The number of hydrogen-bond acceptors (Lipinski definition) is 5. The molecular weight excluding hydrogens is 435 g/mol. The molecule has 0 atom stereocenters. The van der Waals surface area contributed by atoms with Crippen molar-refractivity contribution in [1.82, 2.24) is 19.7 Å². The van der Waals surface area contributed by atoms with Gasteiger partial charge >= 0.3 is 0 Å². The molecule has 2 aromatic carbocycles. The molecule has 0 spiro atoms. The number of amides is 1. The van der Waals surface area contributed by atoms with E-state index in [0.29, 0.717) is 23.3 Å². The van der Waals surface area contributed by atoms with Gasteiger partial charge in [0.2, 0.25) is 5.88 Å². The van der Waals surface area contributed by atoms with Crippen molar-refractivity contribution in [2.45, 2.75) is 20.8 Å². The molecule has 0 saturated heterocycles. The molecule has 33 heavy (non-hydrogen) atoms. The van der Waals surface area contributed by atoms with E-state index in [2.05, 4.69) is 20.4 Å². The van der Waals surface area contributed by atoms with E-state index in [-0.39, 0.29) is 5.88 Å². The average Bonchev–Trinajstić information content (AvgIpc) is 3.06. The Morgan fingerprint density at radius 1 is 0.970 bits per heavy atom. The lowest BCUT2D eigenvalue weighted by atomic mass is 10.1. The van der Waals surface area contributed by atoms with Crippen LogP contribution in [0.25, 0.3) is 5.82 Å². The minimum absolute atomic E-state index is 0.283. The van der Waals surface area contributed by atoms with E-state index < -0.39 is 28.9 Å². The maximum absolute atomic E-state index is 13.8. The van der Waals surface area contributed by atoms with Crippen LogP contribution in [0.1, 0.15) is 27.3 Å². The summed E-state index contributed by atoms with van der Waals surface area (Å²) in [5.74, 6) is -4.29. The number of nitrogens with one attached hydrogen (secondary N) is 1. The smallest absolute Gasteiger partial charge is 0.258 e. The second-order valence-electron chi connectivity index (χ2n) is 7.23. The summed E-state index contributed by atoms with van der Waals surface area (Å²) in [7, 11) is 0. The highest BCUT2D eigenvalue weighted by Crippen LogP contribution is 2.24. The molecule has 168 valence electrons. The first-order valence-electron chi connectivity index (χ1n) is 9.82. The summed E-state index contributed by atoms with van der Waals surface area (Å²) in [5, 5.41) is 6.89. The molecule has 4 rings (SSSR count). The van der Waals surface area contributed by atoms with Crippen molar-refractivity contribution in [2.24, 2.45) is 0 Å². The van der Waals surface area contributed by atoms with Gasteiger partial charge in [-0.2, -0.15) is 5.10 Å². The Kier molecular flexibility index (Phi) is 5.82. The Balaban J connectivity index is 1.48. The minimum atomic E-state index is -1.70. The number of halogens is 3. The predicted octanol–water partition coefficient (Wildman–Crippen LogP) is 5.05. The average molecular weight is 453 g/mol. The summed E-state index contributed by atoms with van der Waals surface area (Å²) in [6.45, 7) is 5.84. The van der Waals surface area contributed by atoms with Gasteiger partial charge < -0.3 is 10.1 Å². The third-order valence-electron chi connectivity index (χ3n) is 5.11. The number of carbonyl (C=O) groups excluding carboxylic acids is 1. The molecule has 10 heteroatoms. The lowest BCUT2D eigenvalue weighted by Crippen LogP contribution is -2.15. The Morgan fingerprint density at radius 3 is 2.36 bits per heavy atom. The van der Waals surface area contributed by atoms with E-state index in [0.717, 1.165) is 23.0 Å². The number of aromatic nitrogens is 4. The summed E-state index contributed by atoms with van der Waals surface area (Å²) < 4.78 is 47.7. The van der Waals surface area contributed by atoms with Gasteiger partial charge in [-0.1, -0.05) is 0 Å². The third kappa shape index (κ3) is 4.40. The number of aryl methyl sites for hydroxylation is 1. The fraction of sp³-hybridized carbons (Fsp3) is 0.130. The zero-order valence-electron chi connectivity index (χ0n) is 17.9. The minimum Gasteiger partial charge on any atom is -0.439 e. The summed E-state index contributed by atoms with van der Waals surface area (Å²) in [6.07, 6.45) is 1.36. The highest BCUT2D eigenvalue weighted by Gasteiger charge is 2.19. The first-order valence-corrected chi connectivity index (χ1v) is 9.82. The summed E-state index contributed by atoms with van der Waals surface area (Å²) in [6, 6.07) is 9.35. The third-order valence-corrected chi connectivity index (χ3v) is 5.11. The molecule has 2 heterocycles. The molecule has 0 unspecified atom stereocenters. The lowest BCUT2D eigenvalue weighted by molar-refractivity contribution is 0.102. The van der Waals surface area contributed by atoms with E-state index >= 15 is 0 Å². The monoisotopic (exact) mass is 453 g/mol. The molecule has 0 radical (unpaired) electrons. The van der Waals surface area contributed by atoms with Crippen LogP contribution < -0.4 is 10.1 Å². The first-order chi connectivity index (χ1) is 15.7. The van der Waals surface area contributed by atoms with Gasteiger partial charge in [-0.3, -0.25) is 4.79 Å². The molecule has 0 aliphatic carbocycles. The molecule has 0 bridgehead atoms. The van der Waals surface area contributed by atoms with Crippen molar-refractivity contribution in [3.63, 3.8) is 0 Å². The van der Waals surface area contributed by atoms with Crippen molar-refractivity contribution in [1.29, 1.82) is 0 Å². The van der Waals surface area contributed by atoms with Gasteiger partial charge in [-0.05, 0) is 62.7 Å². The number of carbonyl (C=O) groups is 1. The molecule has 0 aliphatic heterocycles. The quantitative estimate of drug-likeness (QED) is 0.428. The number of hydrogen-bond donors (Lipinski definition) is 1. The molecule has 0 fully saturated rings. The second-order valence-corrected chi connectivity index (χ2v) is 7.23. The summed E-state index contributed by atoms with van der Waals surface area (Å²) >= 11 is 0. The topological polar surface area (TPSA) is 81.9 Å². The highest BCUT2D eigenvalue weighted by atomic mass is 19.2. The Labute approximate surface area is 186 Å². The Morgan fingerprint density at radius 2 is 1.70 bits per heavy atom. The first kappa shape index (κ1) is 22.0. The fourth-order valence-electron chi connectivity index (χ4n) is 3.07. The zero-order valence-corrected chi connectivity index (χ0v) is 17.9. The standard InChI is InChI=1S/C23H18F3N5O2/c1-12-13(2)30-31(14(12)3)19-10-20(28-11-27-19)33-16-6-4-15(5-7-16)29-23(32)17-8-9-18(24)22(26)21(17)25/h4-11H,1-3H3,(H,29,32). The van der Waals surface area contributed by atoms with Crippen LogP contribution in [-0.4, -0.2) is 25.7 Å². The van der Waals surface area contributed by atoms with Crippen LogP contribution >= 0.6 is 0 Å². The van der Waals surface area contributed by atoms with Gasteiger partial charge in [0.05, 0.1) is 11.3 Å². The normalized spacial score (nSPS) is 10.8. The van der Waals surface area contributed by atoms with Crippen LogP contribution in [0.4, 0.5) is 18.9 Å². The van der Waals surface area contributed by atoms with Gasteiger partial charge in [0.25, 0.3) is 5.91 Å². The van der Waals surface area contributed by atoms with Gasteiger partial charge in [0, 0.05) is 17.4 Å². The van der Waals surface area contributed by atoms with Crippen LogP contribution in [-0.2, 0) is 0 Å². The van der Waals surface area contributed by atoms with Crippen molar-refractivity contribution < 1.29 is 22.7 Å². The number of ether oxygens (including phenoxy) is 1. The number of nitrogens with zero attached hydrogens (tertiary/aromatic N) is 4. The zero-order chi connectivity index (χ0) is 23.7. The molecule has 2 aromatic heterocycles. The second kappa shape index (κ2) is 8.73. The van der Waals surface area contributed by atoms with E-state index in [1.54, 1.807) is 22.9 Å². The van der Waals surface area contributed by atoms with Crippen LogP contribution in [0.3, 0.4) is 0 Å². The maximum atomic E-state index is 13.8. The molecule has 0 saturated carbocycles. The van der Waals surface area contributed by atoms with E-state index in [4.69, 9.17) is 4.74 Å². The summed E-state index contributed by atoms with van der Waals surface area (Å²) in [5.41, 5.74) is 2.61. The van der Waals surface area contributed by atoms with Crippen LogP contribution in [0, 0.1) is 38.2 Å². The molecule has 1 N–H and O–H groups in total. The van der Waals surface area contributed by atoms with Crippen LogP contribution in [0.2, 0.25) is 0 Å². The number of benzene rings is 2. The van der Waals surface area contributed by atoms with Crippen molar-refractivity contribution in [3.8, 4) is 17.4 Å². The van der Waals surface area contributed by atoms with Crippen molar-refractivity contribution in [3.05, 3.63) is 88.8 Å². The fourth-order valence-corrected chi connectivity index (χ4v) is 3.07. The van der Waals surface area contributed by atoms with Gasteiger partial charge in [-0.15, -0.1) is 0 Å². The number of anilines is 1. The van der Waals surface area contributed by atoms with Gasteiger partial charge in [0.1, 0.15) is 12.1 Å². The lowest BCUT2D eigenvalue weighted by Gasteiger charge is -2.09. The molecular formula is C23H18F3N5O2. The van der Waals surface area contributed by atoms with Crippen LogP contribution in [0.15, 0.2) is 48.8 Å². The van der Waals surface area contributed by atoms with Crippen molar-refractivity contribution in [2.75, 3.05) is 5.32 Å². The van der Waals surface area contributed by atoms with E-state index in [1.165, 1.54) is 18.5 Å². The number of rotatable bonds is 5. The largest absolute Gasteiger partial charge is 0.439 e. The SMILES string of the molecule is Cc1nn(-c2cc(Oc3ccc(NC(=O)c4ccc(F)c(F)c4F)cc3)ncn2)c(C)c1C. The van der Waals surface area contributed by atoms with Crippen molar-refractivity contribution >= 4 is 11.6 Å². The van der Waals surface area contributed by atoms with Gasteiger partial charge in [-0.25, -0.2) is 27.8 Å². The maximum Gasteiger partial charge on any atom is 0.258 e. The predicted molar refractivity (Wildman–Crippen MR) is 114 cm³/mol. The van der Waals surface area contributed by atoms with E-state index in [9.17, 15) is 18.0 Å².